The number of unbranched alkanes of at least 4 members (excludes halogenated alkanes) is 1. The quantitative estimate of drug-likeness (QED) is 0.0440. The van der Waals surface area contributed by atoms with Gasteiger partial charge in [0.1, 0.15) is 42.7 Å². The molecule has 1 aromatic carbocycles. The summed E-state index contributed by atoms with van der Waals surface area (Å²) in [6, 6.07) is 5.12. The molecule has 2 aliphatic heterocycles. The van der Waals surface area contributed by atoms with Crippen molar-refractivity contribution in [3.05, 3.63) is 64.6 Å². The highest BCUT2D eigenvalue weighted by Crippen LogP contribution is 2.56. The van der Waals surface area contributed by atoms with Gasteiger partial charge in [0.05, 0.1) is 56.4 Å². The molecule has 0 aromatic heterocycles. The predicted molar refractivity (Wildman–Crippen MR) is 266 cm³/mol. The van der Waals surface area contributed by atoms with Crippen molar-refractivity contribution < 1.29 is 72.8 Å². The van der Waals surface area contributed by atoms with Gasteiger partial charge in [-0.25, -0.2) is 6.57 Å². The summed E-state index contributed by atoms with van der Waals surface area (Å²) < 4.78 is 41.8. The largest absolute Gasteiger partial charge is 0.490 e. The normalized spacial score (nSPS) is 31.5. The van der Waals surface area contributed by atoms with E-state index in [2.05, 4.69) is 10.9 Å². The second kappa shape index (κ2) is 24.7. The summed E-state index contributed by atoms with van der Waals surface area (Å²) in [6.07, 6.45) is -2.02. The average molecular weight is 1030 g/mol. The lowest BCUT2D eigenvalue weighted by Gasteiger charge is -2.47. The topological polar surface area (TPSA) is 225 Å². The monoisotopic (exact) mass is 1030 g/mol. The number of halogens is 1. The molecule has 2 fully saturated rings. The van der Waals surface area contributed by atoms with Gasteiger partial charge < -0.3 is 68.2 Å². The number of carbonyl (C=O) groups excluding carboxylic acids is 4. The predicted octanol–water partition coefficient (Wildman–Crippen LogP) is 5.06. The molecule has 1 saturated carbocycles. The number of alkyl halides is 1. The number of hydrogen-bond acceptors (Lipinski definition) is 15. The molecule has 3 aliphatic carbocycles. The zero-order valence-electron chi connectivity index (χ0n) is 42.8. The number of aliphatic hydroxyl groups is 4. The molecule has 1 saturated heterocycles. The van der Waals surface area contributed by atoms with Crippen LogP contribution in [0.25, 0.3) is 4.85 Å². The molecule has 13 atom stereocenters. The number of ether oxygens (including phenoxy) is 7. The van der Waals surface area contributed by atoms with Crippen LogP contribution in [0.3, 0.4) is 0 Å². The minimum Gasteiger partial charge on any atom is -0.490 e. The highest BCUT2D eigenvalue weighted by atomic mass is 35.5. The third-order valence-corrected chi connectivity index (χ3v) is 15.1. The second-order valence-electron chi connectivity index (χ2n) is 20.4. The number of rotatable bonds is 20. The molecule has 1 aromatic rings. The lowest BCUT2D eigenvalue weighted by Crippen LogP contribution is -2.62. The number of carbonyl (C=O) groups is 4. The number of anilines is 2. The Morgan fingerprint density at radius 1 is 1.08 bits per heavy atom. The SMILES string of the molecule is [C-]#[N+]CCN(C(=O)CCl)c1ccc2c(c1)N(C(=O)CCC/C=C/C(C)(C)OCC1OC(O[C@@H]3C4=C([C@H](C)COC(C)=O)C[C@H](O)[C@]4(C)/C=C4/[C@@H](COC)CC[C@H]4[C@@H](C)[C@H]3O)C(O)C(OC(C)=O)C1O)CCO2. The van der Waals surface area contributed by atoms with Gasteiger partial charge in [-0.1, -0.05) is 43.2 Å². The molecule has 19 heteroatoms. The third-order valence-electron chi connectivity index (χ3n) is 14.9. The molecule has 2 heterocycles. The Kier molecular flexibility index (Phi) is 19.5. The summed E-state index contributed by atoms with van der Waals surface area (Å²) in [6.45, 7) is 20.1. The number of allylic oxidation sites excluding steroid dienone is 1. The van der Waals surface area contributed by atoms with E-state index in [1.54, 1.807) is 44.1 Å². The molecule has 5 aliphatic rings. The fraction of sp³-hybridized carbons (Fsp3) is 0.679. The van der Waals surface area contributed by atoms with E-state index in [1.807, 2.05) is 32.9 Å². The van der Waals surface area contributed by atoms with Gasteiger partial charge in [0, 0.05) is 50.3 Å². The number of benzene rings is 1. The Morgan fingerprint density at radius 2 is 1.83 bits per heavy atom. The summed E-state index contributed by atoms with van der Waals surface area (Å²) in [5.74, 6) is -2.23. The Hall–Kier alpha value is -4.42. The van der Waals surface area contributed by atoms with Crippen LogP contribution in [-0.2, 0) is 47.6 Å². The maximum absolute atomic E-state index is 13.6. The van der Waals surface area contributed by atoms with Crippen LogP contribution in [0, 0.1) is 35.7 Å². The van der Waals surface area contributed by atoms with Crippen molar-refractivity contribution in [2.75, 3.05) is 68.9 Å². The van der Waals surface area contributed by atoms with E-state index in [0.717, 1.165) is 30.9 Å². The molecule has 4 N–H and O–H groups in total. The van der Waals surface area contributed by atoms with Gasteiger partial charge in [0.2, 0.25) is 18.4 Å². The van der Waals surface area contributed by atoms with Gasteiger partial charge in [0.25, 0.3) is 0 Å². The van der Waals surface area contributed by atoms with E-state index in [9.17, 15) is 39.6 Å². The average Bonchev–Trinajstić information content (AvgIpc) is 3.85. The first-order chi connectivity index (χ1) is 34.2. The number of amides is 2. The fourth-order valence-electron chi connectivity index (χ4n) is 11.0. The first kappa shape index (κ1) is 56.9. The van der Waals surface area contributed by atoms with Crippen LogP contribution in [0.5, 0.6) is 5.75 Å². The Bertz CT molecular complexity index is 2250. The number of hydrogen-bond donors (Lipinski definition) is 4. The van der Waals surface area contributed by atoms with Crippen LogP contribution in [0.15, 0.2) is 53.1 Å². The summed E-state index contributed by atoms with van der Waals surface area (Å²) >= 11 is 5.87. The molecule has 2 amide bonds. The minimum atomic E-state index is -1.72. The first-order valence-electron chi connectivity index (χ1n) is 25.0. The summed E-state index contributed by atoms with van der Waals surface area (Å²) in [7, 11) is 1.65. The lowest BCUT2D eigenvalue weighted by atomic mass is 9.68. The van der Waals surface area contributed by atoms with Crippen LogP contribution < -0.4 is 14.5 Å². The van der Waals surface area contributed by atoms with E-state index in [0.29, 0.717) is 55.3 Å². The van der Waals surface area contributed by atoms with Crippen LogP contribution in [0.4, 0.5) is 11.4 Å². The van der Waals surface area contributed by atoms with E-state index < -0.39 is 77.9 Å². The highest BCUT2D eigenvalue weighted by Gasteiger charge is 2.56. The van der Waals surface area contributed by atoms with E-state index >= 15 is 0 Å². The van der Waals surface area contributed by atoms with Crippen molar-refractivity contribution in [1.29, 1.82) is 0 Å². The zero-order valence-corrected chi connectivity index (χ0v) is 43.5. The minimum absolute atomic E-state index is 0.0168. The summed E-state index contributed by atoms with van der Waals surface area (Å²) in [4.78, 5) is 57.1. The molecule has 0 bridgehead atoms. The number of methoxy groups -OCH3 is 1. The van der Waals surface area contributed by atoms with Crippen LogP contribution in [0.1, 0.15) is 87.0 Å². The Morgan fingerprint density at radius 3 is 2.51 bits per heavy atom. The van der Waals surface area contributed by atoms with Crippen LogP contribution in [0.2, 0.25) is 0 Å². The smallest absolute Gasteiger partial charge is 0.303 e. The third kappa shape index (κ3) is 12.9. The number of aliphatic hydroxyl groups excluding tert-OH is 4. The van der Waals surface area contributed by atoms with Gasteiger partial charge in [-0.2, -0.15) is 0 Å². The first-order valence-corrected chi connectivity index (χ1v) is 25.6. The fourth-order valence-corrected chi connectivity index (χ4v) is 11.1. The number of fused-ring (bicyclic) bond motifs is 3. The molecule has 18 nitrogen and oxygen atoms in total. The standard InChI is InChI=1S/C53H74ClN3O15/c1-30(27-68-32(3)58)37-24-42(60)53(7)25-38-34(28-66-9)14-16-36(38)31(2)46(63)49(45(37)53)72-51-48(65)50(70-33(4)59)47(64)41(71-51)29-69-52(5,6)18-12-10-11-13-43(61)57-21-22-67-40-17-15-35(23-39(40)57)56(20-19-55-8)44(62)26-54/h12,15,17-18,23,25,30-31,34,36,41-42,46-51,60,63-65H,10-11,13-14,16,19-22,24,26-29H2,1-7,9H3/b18-12+,38-25-/t30-,31-,34-,36+,41?,42+,46-,47?,48?,49-,50?,51?,53+/m1/s1. The van der Waals surface area contributed by atoms with Gasteiger partial charge >= 0.3 is 11.9 Å². The summed E-state index contributed by atoms with van der Waals surface area (Å²) in [5.41, 5.74) is 1.45. The van der Waals surface area contributed by atoms with Crippen molar-refractivity contribution in [3.63, 3.8) is 0 Å². The van der Waals surface area contributed by atoms with Crippen LogP contribution in [-0.4, -0.2) is 158 Å². The van der Waals surface area contributed by atoms with E-state index in [-0.39, 0.29) is 74.6 Å². The molecular formula is C53H74ClN3O15. The summed E-state index contributed by atoms with van der Waals surface area (Å²) in [5, 5.41) is 47.9. The molecule has 6 rings (SSSR count). The lowest BCUT2D eigenvalue weighted by molar-refractivity contribution is -0.320. The van der Waals surface area contributed by atoms with Gasteiger partial charge in [-0.05, 0) is 88.5 Å². The van der Waals surface area contributed by atoms with Crippen molar-refractivity contribution in [1.82, 2.24) is 0 Å². The molecule has 0 radical (unpaired) electrons. The van der Waals surface area contributed by atoms with Crippen molar-refractivity contribution in [2.24, 2.45) is 29.1 Å². The second-order valence-corrected chi connectivity index (χ2v) is 20.7. The zero-order chi connectivity index (χ0) is 52.7. The molecular weight excluding hydrogens is 954 g/mol. The molecule has 5 unspecified atom stereocenters. The molecule has 0 spiro atoms. The van der Waals surface area contributed by atoms with Gasteiger partial charge in [-0.3, -0.25) is 19.2 Å². The van der Waals surface area contributed by atoms with Crippen molar-refractivity contribution >= 4 is 46.7 Å². The maximum Gasteiger partial charge on any atom is 0.303 e. The van der Waals surface area contributed by atoms with Crippen molar-refractivity contribution in [2.45, 2.75) is 142 Å². The molecule has 72 heavy (non-hydrogen) atoms. The highest BCUT2D eigenvalue weighted by molar-refractivity contribution is 6.29. The van der Waals surface area contributed by atoms with Crippen molar-refractivity contribution in [3.8, 4) is 5.75 Å². The number of esters is 2. The number of nitrogens with zero attached hydrogens (tertiary/aromatic N) is 3. The maximum atomic E-state index is 13.6. The molecule has 398 valence electrons. The van der Waals surface area contributed by atoms with Gasteiger partial charge in [0.15, 0.2) is 12.4 Å². The Labute approximate surface area is 428 Å². The van der Waals surface area contributed by atoms with E-state index in [4.69, 9.17) is 51.3 Å². The Balaban J connectivity index is 1.17. The van der Waals surface area contributed by atoms with E-state index in [1.165, 1.54) is 11.8 Å². The van der Waals surface area contributed by atoms with Gasteiger partial charge in [-0.15, -0.1) is 11.6 Å². The van der Waals surface area contributed by atoms with Crippen LogP contribution >= 0.6 is 11.6 Å².